The van der Waals surface area contributed by atoms with Crippen LogP contribution in [0.25, 0.3) is 5.32 Å². The normalized spacial score (nSPS) is 11.8. The fourth-order valence-corrected chi connectivity index (χ4v) is 21.0. The molecule has 0 bridgehead atoms. The zero-order chi connectivity index (χ0) is 25.5. The Hall–Kier alpha value is 3.75. The van der Waals surface area contributed by atoms with E-state index in [0.717, 1.165) is 24.1 Å². The van der Waals surface area contributed by atoms with E-state index in [4.69, 9.17) is 31.5 Å². The van der Waals surface area contributed by atoms with E-state index in [2.05, 4.69) is 77.7 Å². The standard InChI is InChI=1S/C4H8O.C3H8.2C3H7.4C2H6N.CH4.4ClH.2Li.2Sn/c1-2-4-5-3-1;7*1-3-2;;;;;;;;;/h1-4H2;3H2,1-2H3;2*1,3H2,2H3;4*1-2H3;1H4;4*1H;;;;/q;;;;4*-1;;;;;;2*+1;2*+3/p-4. The number of halogens is 4. The molecular formula is C22H58Cl4Li2N4OSn2. The number of hydrogen-bond acceptors (Lipinski definition) is 4. The van der Waals surface area contributed by atoms with Gasteiger partial charge in [0.1, 0.15) is 0 Å². The zero-order valence-corrected chi connectivity index (χ0v) is 33.8. The predicted octanol–water partition coefficient (Wildman–Crippen LogP) is -1.45. The Bertz CT molecular complexity index is 329. The van der Waals surface area contributed by atoms with Gasteiger partial charge in [-0.05, 0) is 12.8 Å². The summed E-state index contributed by atoms with van der Waals surface area (Å²) in [6.45, 7) is 10.6. The largest absolute Gasteiger partial charge is 1.00 e. The molecular weight excluding hydrogens is 729 g/mol. The van der Waals surface area contributed by atoms with E-state index in [1.165, 1.54) is 30.1 Å². The van der Waals surface area contributed by atoms with Gasteiger partial charge in [0.2, 0.25) is 0 Å². The van der Waals surface area contributed by atoms with Crippen LogP contribution in [0.15, 0.2) is 0 Å². The van der Waals surface area contributed by atoms with Gasteiger partial charge in [0.15, 0.2) is 0 Å². The maximum atomic E-state index is 5.57. The van der Waals surface area contributed by atoms with Crippen LogP contribution in [-0.4, -0.2) is 113 Å². The van der Waals surface area contributed by atoms with Gasteiger partial charge in [-0.1, -0.05) is 27.7 Å². The van der Waals surface area contributed by atoms with Gasteiger partial charge in [0.25, 0.3) is 0 Å². The van der Waals surface area contributed by atoms with Crippen molar-refractivity contribution in [3.05, 3.63) is 5.32 Å². The summed E-state index contributed by atoms with van der Waals surface area (Å²) in [6.07, 6.45) is 6.09. The summed E-state index contributed by atoms with van der Waals surface area (Å²) in [4.78, 5) is 0. The smallest absolute Gasteiger partial charge is 1.00 e. The molecule has 1 fully saturated rings. The van der Waals surface area contributed by atoms with E-state index in [1.807, 2.05) is 6.92 Å². The van der Waals surface area contributed by atoms with E-state index in [9.17, 15) is 0 Å². The molecule has 0 N–H and O–H groups in total. The Kier molecular flexibility index (Phi) is 66.6. The van der Waals surface area contributed by atoms with Crippen molar-refractivity contribution < 1.29 is 54.9 Å². The third-order valence-corrected chi connectivity index (χ3v) is 26.6. The Morgan fingerprint density at radius 1 is 0.714 bits per heavy atom. The van der Waals surface area contributed by atoms with Crippen LogP contribution in [-0.2, 0) is 4.74 Å². The molecule has 1 rings (SSSR count). The fourth-order valence-electron chi connectivity index (χ4n) is 3.00. The summed E-state index contributed by atoms with van der Waals surface area (Å²) in [5.41, 5.74) is 0. The maximum absolute atomic E-state index is 5.57. The van der Waals surface area contributed by atoms with E-state index >= 15 is 0 Å². The first-order chi connectivity index (χ1) is 14.3. The van der Waals surface area contributed by atoms with Crippen LogP contribution in [0.1, 0.15) is 67.2 Å². The van der Waals surface area contributed by atoms with E-state index in [0.29, 0.717) is 0 Å². The van der Waals surface area contributed by atoms with Crippen LogP contribution in [0.5, 0.6) is 0 Å². The molecule has 0 saturated carbocycles. The van der Waals surface area contributed by atoms with Crippen molar-refractivity contribution in [3.63, 3.8) is 0 Å². The van der Waals surface area contributed by atoms with Crippen molar-refractivity contribution in [2.24, 2.45) is 0 Å². The molecule has 13 heteroatoms. The summed E-state index contributed by atoms with van der Waals surface area (Å²) in [5, 5.41) is 3.50. The molecule has 0 unspecified atom stereocenters. The van der Waals surface area contributed by atoms with Crippen molar-refractivity contribution in [1.29, 1.82) is 0 Å². The van der Waals surface area contributed by atoms with Crippen LogP contribution in [0.2, 0.25) is 8.87 Å². The molecule has 0 spiro atoms. The number of ether oxygens (including phenoxy) is 1. The van der Waals surface area contributed by atoms with E-state index in [1.54, 1.807) is 14.1 Å². The van der Waals surface area contributed by atoms with Crippen molar-refractivity contribution >= 4 is 61.0 Å². The minimum atomic E-state index is -2.86. The Labute approximate surface area is 272 Å². The van der Waals surface area contributed by atoms with Gasteiger partial charge in [-0.3, -0.25) is 0 Å². The molecule has 35 heavy (non-hydrogen) atoms. The van der Waals surface area contributed by atoms with Gasteiger partial charge in [-0.25, -0.2) is 0 Å². The first kappa shape index (κ1) is 58.4. The molecule has 0 amide bonds. The minimum Gasteiger partial charge on any atom is -1.00 e. The summed E-state index contributed by atoms with van der Waals surface area (Å²) in [6, 6.07) is 0. The maximum Gasteiger partial charge on any atom is 1.00 e. The third-order valence-electron chi connectivity index (χ3n) is 4.09. The first-order valence-corrected chi connectivity index (χ1v) is 30.1. The number of nitrogens with zero attached hydrogens (tertiary/aromatic N) is 4. The molecule has 1 saturated heterocycles. The molecule has 5 nitrogen and oxygen atoms in total. The molecule has 0 atom stereocenters. The van der Waals surface area contributed by atoms with Crippen molar-refractivity contribution in [2.45, 2.75) is 76.1 Å². The average molecular weight is 788 g/mol. The zero-order valence-electron chi connectivity index (χ0n) is 25.1. The fraction of sp³-hybridized carbons (Fsp3) is 1.00. The molecule has 0 aromatic carbocycles. The predicted molar refractivity (Wildman–Crippen MR) is 158 cm³/mol. The van der Waals surface area contributed by atoms with Gasteiger partial charge in [-0.2, -0.15) is 14.1 Å². The van der Waals surface area contributed by atoms with Crippen LogP contribution >= 0.6 is 26.8 Å². The second-order valence-electron chi connectivity index (χ2n) is 8.05. The van der Waals surface area contributed by atoms with Gasteiger partial charge in [-0.15, -0.1) is 0 Å². The topological polar surface area (TPSA) is 33.1 Å². The molecule has 1 aliphatic rings. The SMILES string of the molecule is C.C1CCOC1.CCC.CC[CH2][Sn]([Cl])([Cl])[Cl].CC[CH2][Sn]([N](C)C)([N](C)C)[N](C)C.C[N-]C.[Cl-].[Li+].[Li+]. The van der Waals surface area contributed by atoms with Crippen LogP contribution in [0.3, 0.4) is 0 Å². The first-order valence-electron chi connectivity index (χ1n) is 11.4. The van der Waals surface area contributed by atoms with Gasteiger partial charge >= 0.3 is 186 Å². The number of hydrogen-bond donors (Lipinski definition) is 0. The summed E-state index contributed by atoms with van der Waals surface area (Å²) < 4.78 is 14.6. The second-order valence-corrected chi connectivity index (χ2v) is 43.4. The molecule has 1 aliphatic heterocycles. The van der Waals surface area contributed by atoms with Crippen molar-refractivity contribution in [1.82, 2.24) is 9.36 Å². The monoisotopic (exact) mass is 788 g/mol. The molecule has 0 aromatic rings. The minimum absolute atomic E-state index is 0. The summed E-state index contributed by atoms with van der Waals surface area (Å²) in [7, 11) is 33.6. The Balaban J connectivity index is -0.0000000473. The van der Waals surface area contributed by atoms with Crippen molar-refractivity contribution in [3.8, 4) is 0 Å². The molecule has 210 valence electrons. The second kappa shape index (κ2) is 39.9. The number of rotatable bonds is 7. The summed E-state index contributed by atoms with van der Waals surface area (Å²) >= 11 is -5.19. The van der Waals surface area contributed by atoms with Gasteiger partial charge in [0, 0.05) is 13.2 Å². The van der Waals surface area contributed by atoms with E-state index in [-0.39, 0.29) is 57.6 Å². The Morgan fingerprint density at radius 3 is 1.03 bits per heavy atom. The van der Waals surface area contributed by atoms with Gasteiger partial charge in [0.05, 0.1) is 0 Å². The molecule has 0 aromatic heterocycles. The molecule has 0 aliphatic carbocycles. The molecule has 0 radical (unpaired) electrons. The third kappa shape index (κ3) is 40.0. The summed E-state index contributed by atoms with van der Waals surface area (Å²) in [5.74, 6) is 0. The van der Waals surface area contributed by atoms with Crippen LogP contribution in [0, 0.1) is 0 Å². The van der Waals surface area contributed by atoms with Crippen LogP contribution in [0.4, 0.5) is 0 Å². The van der Waals surface area contributed by atoms with Crippen LogP contribution < -0.4 is 50.1 Å². The molecule has 1 heterocycles. The van der Waals surface area contributed by atoms with E-state index < -0.39 is 34.2 Å². The Morgan fingerprint density at radius 2 is 0.971 bits per heavy atom. The quantitative estimate of drug-likeness (QED) is 0.297. The van der Waals surface area contributed by atoms with Gasteiger partial charge < -0.3 is 22.5 Å². The average Bonchev–Trinajstić information content (AvgIpc) is 3.19. The van der Waals surface area contributed by atoms with Crippen molar-refractivity contribution in [2.75, 3.05) is 69.6 Å².